The average Bonchev–Trinajstić information content (AvgIpc) is 2.80. The highest BCUT2D eigenvalue weighted by Crippen LogP contribution is 2.25. The molecule has 2 aromatic rings. The monoisotopic (exact) mass is 375 g/mol. The molecule has 0 saturated heterocycles. The molecule has 2 heterocycles. The van der Waals surface area contributed by atoms with Gasteiger partial charge >= 0.3 is 5.97 Å². The fourth-order valence-corrected chi connectivity index (χ4v) is 2.82. The van der Waals surface area contributed by atoms with Gasteiger partial charge in [0, 0.05) is 6.20 Å². The maximum Gasteiger partial charge on any atom is 0.344 e. The lowest BCUT2D eigenvalue weighted by molar-refractivity contribution is 0.00692. The summed E-state index contributed by atoms with van der Waals surface area (Å²) < 4.78 is 10.4. The first kappa shape index (κ1) is 20.9. The van der Waals surface area contributed by atoms with Crippen LogP contribution in [0.3, 0.4) is 0 Å². The smallest absolute Gasteiger partial charge is 0.344 e. The molecule has 0 unspecified atom stereocenters. The van der Waals surface area contributed by atoms with E-state index in [0.717, 1.165) is 6.20 Å². The summed E-state index contributed by atoms with van der Waals surface area (Å²) in [6.45, 7) is 6.95. The summed E-state index contributed by atoms with van der Waals surface area (Å²) in [5.74, 6) is -0.368. The molecule has 0 atom stereocenters. The summed E-state index contributed by atoms with van der Waals surface area (Å²) in [7, 11) is 0. The van der Waals surface area contributed by atoms with Crippen LogP contribution in [-0.2, 0) is 4.74 Å². The van der Waals surface area contributed by atoms with Crippen molar-refractivity contribution in [2.45, 2.75) is 78.2 Å². The molecule has 0 bridgehead atoms. The quantitative estimate of drug-likeness (QED) is 0.616. The molecule has 1 aliphatic rings. The van der Waals surface area contributed by atoms with Crippen molar-refractivity contribution in [1.82, 2.24) is 15.1 Å². The SMILES string of the molecule is C1CCCCCC1.Cc1noc(-c2c[nH]c(=O)cn2)c1C(=O)OC(C)(C)C. The zero-order chi connectivity index (χ0) is 19.9. The number of esters is 1. The summed E-state index contributed by atoms with van der Waals surface area (Å²) in [6.07, 6.45) is 13.0. The van der Waals surface area contributed by atoms with Crippen molar-refractivity contribution in [3.63, 3.8) is 0 Å². The van der Waals surface area contributed by atoms with E-state index in [1.165, 1.54) is 51.1 Å². The molecule has 1 saturated carbocycles. The van der Waals surface area contributed by atoms with Crippen LogP contribution in [0.15, 0.2) is 21.7 Å². The number of nitrogens with one attached hydrogen (secondary N) is 1. The Hall–Kier alpha value is -2.44. The van der Waals surface area contributed by atoms with Crippen molar-refractivity contribution in [2.75, 3.05) is 0 Å². The molecule has 0 aromatic carbocycles. The van der Waals surface area contributed by atoms with Crippen molar-refractivity contribution < 1.29 is 14.1 Å². The Morgan fingerprint density at radius 2 is 1.67 bits per heavy atom. The van der Waals surface area contributed by atoms with Crippen LogP contribution in [0.1, 0.15) is 81.8 Å². The third-order valence-electron chi connectivity index (χ3n) is 4.12. The lowest BCUT2D eigenvalue weighted by Gasteiger charge is -2.19. The molecule has 2 aromatic heterocycles. The molecule has 0 aliphatic heterocycles. The second kappa shape index (κ2) is 9.48. The van der Waals surface area contributed by atoms with Gasteiger partial charge in [0.2, 0.25) is 5.76 Å². The van der Waals surface area contributed by atoms with E-state index < -0.39 is 11.6 Å². The summed E-state index contributed by atoms with van der Waals surface area (Å²) in [5.41, 5.74) is -0.0483. The van der Waals surface area contributed by atoms with Gasteiger partial charge in [-0.3, -0.25) is 4.79 Å². The minimum Gasteiger partial charge on any atom is -0.456 e. The molecule has 7 nitrogen and oxygen atoms in total. The molecular formula is C20H29N3O4. The van der Waals surface area contributed by atoms with Crippen LogP contribution >= 0.6 is 0 Å². The van der Waals surface area contributed by atoms with Crippen LogP contribution in [-0.4, -0.2) is 26.7 Å². The third-order valence-corrected chi connectivity index (χ3v) is 4.12. The van der Waals surface area contributed by atoms with Gasteiger partial charge in [0.1, 0.15) is 16.9 Å². The number of H-pyrrole nitrogens is 1. The summed E-state index contributed by atoms with van der Waals surface area (Å²) in [6, 6.07) is 0. The average molecular weight is 375 g/mol. The Bertz CT molecular complexity index is 762. The number of carbonyl (C=O) groups excluding carboxylic acids is 1. The van der Waals surface area contributed by atoms with Gasteiger partial charge < -0.3 is 14.2 Å². The molecule has 0 radical (unpaired) electrons. The lowest BCUT2D eigenvalue weighted by Crippen LogP contribution is -2.24. The van der Waals surface area contributed by atoms with Crippen molar-refractivity contribution in [2.24, 2.45) is 0 Å². The maximum absolute atomic E-state index is 12.2. The molecule has 1 fully saturated rings. The first-order valence-corrected chi connectivity index (χ1v) is 9.52. The number of hydrogen-bond donors (Lipinski definition) is 1. The second-order valence-corrected chi connectivity index (χ2v) is 7.75. The predicted octanol–water partition coefficient (Wildman–Crippen LogP) is 4.42. The molecule has 27 heavy (non-hydrogen) atoms. The van der Waals surface area contributed by atoms with Gasteiger partial charge in [0.05, 0.1) is 11.9 Å². The minimum atomic E-state index is -0.628. The topological polar surface area (TPSA) is 98.1 Å². The van der Waals surface area contributed by atoms with Crippen molar-refractivity contribution in [3.8, 4) is 11.5 Å². The number of hydrogen-bond acceptors (Lipinski definition) is 6. The van der Waals surface area contributed by atoms with Crippen molar-refractivity contribution in [3.05, 3.63) is 34.0 Å². The zero-order valence-electron chi connectivity index (χ0n) is 16.6. The van der Waals surface area contributed by atoms with E-state index in [1.807, 2.05) is 0 Å². The predicted molar refractivity (Wildman–Crippen MR) is 103 cm³/mol. The van der Waals surface area contributed by atoms with Crippen LogP contribution in [0.5, 0.6) is 0 Å². The van der Waals surface area contributed by atoms with E-state index in [-0.39, 0.29) is 16.9 Å². The van der Waals surface area contributed by atoms with Crippen LogP contribution in [0.2, 0.25) is 0 Å². The van der Waals surface area contributed by atoms with Gasteiger partial charge in [-0.1, -0.05) is 50.1 Å². The van der Waals surface area contributed by atoms with E-state index >= 15 is 0 Å². The molecule has 7 heteroatoms. The highest BCUT2D eigenvalue weighted by atomic mass is 16.6. The van der Waals surface area contributed by atoms with Gasteiger partial charge in [0.25, 0.3) is 5.56 Å². The molecule has 148 valence electrons. The highest BCUT2D eigenvalue weighted by molar-refractivity contribution is 5.96. The summed E-state index contributed by atoms with van der Waals surface area (Å²) >= 11 is 0. The molecule has 3 rings (SSSR count). The van der Waals surface area contributed by atoms with Crippen LogP contribution in [0.25, 0.3) is 11.5 Å². The Labute approximate surface area is 159 Å². The van der Waals surface area contributed by atoms with E-state index in [0.29, 0.717) is 11.4 Å². The van der Waals surface area contributed by atoms with Crippen molar-refractivity contribution in [1.29, 1.82) is 0 Å². The fourth-order valence-electron chi connectivity index (χ4n) is 2.82. The summed E-state index contributed by atoms with van der Waals surface area (Å²) in [4.78, 5) is 29.6. The molecule has 1 N–H and O–H groups in total. The Morgan fingerprint density at radius 3 is 2.11 bits per heavy atom. The first-order valence-electron chi connectivity index (χ1n) is 9.52. The molecular weight excluding hydrogens is 346 g/mol. The Balaban J connectivity index is 0.000000313. The number of nitrogens with zero attached hydrogens (tertiary/aromatic N) is 2. The van der Waals surface area contributed by atoms with E-state index in [4.69, 9.17) is 9.26 Å². The van der Waals surface area contributed by atoms with E-state index in [9.17, 15) is 9.59 Å². The summed E-state index contributed by atoms with van der Waals surface area (Å²) in [5, 5.41) is 3.76. The number of aromatic nitrogens is 3. The fraction of sp³-hybridized carbons (Fsp3) is 0.600. The van der Waals surface area contributed by atoms with Crippen LogP contribution < -0.4 is 5.56 Å². The first-order chi connectivity index (χ1) is 12.8. The van der Waals surface area contributed by atoms with Gasteiger partial charge in [-0.2, -0.15) is 0 Å². The number of aromatic amines is 1. The van der Waals surface area contributed by atoms with Gasteiger partial charge in [-0.15, -0.1) is 0 Å². The van der Waals surface area contributed by atoms with Gasteiger partial charge in [-0.25, -0.2) is 9.78 Å². The van der Waals surface area contributed by atoms with Gasteiger partial charge in [0.15, 0.2) is 0 Å². The van der Waals surface area contributed by atoms with Crippen LogP contribution in [0.4, 0.5) is 0 Å². The Morgan fingerprint density at radius 1 is 1.11 bits per heavy atom. The highest BCUT2D eigenvalue weighted by Gasteiger charge is 2.27. The molecule has 0 spiro atoms. The standard InChI is InChI=1S/C13H15N3O4.C7H14/c1-7-10(12(18)19-13(2,3)4)11(20-16-7)8-5-15-9(17)6-14-8;1-2-4-6-7-5-3-1/h5-6H,1-4H3,(H,15,17);1-7H2. The number of aryl methyl sites for hydroxylation is 1. The minimum absolute atomic E-state index is 0.174. The molecule has 1 aliphatic carbocycles. The number of ether oxygens (including phenoxy) is 1. The van der Waals surface area contributed by atoms with Gasteiger partial charge in [-0.05, 0) is 27.7 Å². The zero-order valence-corrected chi connectivity index (χ0v) is 16.6. The second-order valence-electron chi connectivity index (χ2n) is 7.75. The molecule has 0 amide bonds. The largest absolute Gasteiger partial charge is 0.456 e. The van der Waals surface area contributed by atoms with E-state index in [2.05, 4.69) is 15.1 Å². The van der Waals surface area contributed by atoms with Crippen molar-refractivity contribution >= 4 is 5.97 Å². The normalized spacial score (nSPS) is 14.7. The number of carbonyl (C=O) groups is 1. The lowest BCUT2D eigenvalue weighted by atomic mass is 10.1. The van der Waals surface area contributed by atoms with Crippen LogP contribution in [0, 0.1) is 6.92 Å². The number of rotatable bonds is 2. The third kappa shape index (κ3) is 6.66. The van der Waals surface area contributed by atoms with E-state index in [1.54, 1.807) is 27.7 Å². The maximum atomic E-state index is 12.2. The Kier molecular flexibility index (Phi) is 7.33.